The van der Waals surface area contributed by atoms with E-state index in [1.807, 2.05) is 41.3 Å². The highest BCUT2D eigenvalue weighted by Crippen LogP contribution is 2.33. The molecule has 3 aromatic rings. The molecule has 3 aromatic carbocycles. The van der Waals surface area contributed by atoms with Crippen LogP contribution in [0, 0.1) is 0 Å². The monoisotopic (exact) mass is 684 g/mol. The lowest BCUT2D eigenvalue weighted by Gasteiger charge is -2.24. The van der Waals surface area contributed by atoms with E-state index in [-0.39, 0.29) is 30.4 Å². The first kappa shape index (κ1) is 36.7. The number of nitrogens with two attached hydrogens (primary N) is 1. The molecule has 0 radical (unpaired) electrons. The van der Waals surface area contributed by atoms with Gasteiger partial charge in [-0.05, 0) is 80.3 Å². The standard InChI is InChI=1S/C33H38N4O5.C2HF3O2/c34-17-4-2-1-3-5-18-41-28-8-6-7-26(20-28)35-32(39)24-11-9-23(10-12-24)21-37(27-14-15-27)33(40)25-13-16-29-30(19-25)42-22-31(38)36-29;3-2(4,5)1(6)7/h6-13,16,19-20,27H,1-5,14-15,17-18,21-22,34H2,(H,35,39)(H,36,38);(H,6,7). The van der Waals surface area contributed by atoms with Gasteiger partial charge in [-0.25, -0.2) is 4.79 Å². The number of fused-ring (bicyclic) bond motifs is 1. The summed E-state index contributed by atoms with van der Waals surface area (Å²) in [6.45, 7) is 1.76. The van der Waals surface area contributed by atoms with Crippen LogP contribution >= 0.6 is 0 Å². The molecule has 14 heteroatoms. The number of carbonyl (C=O) groups excluding carboxylic acids is 3. The molecule has 1 aliphatic heterocycles. The molecule has 5 N–H and O–H groups in total. The third-order valence-corrected chi connectivity index (χ3v) is 7.63. The molecule has 49 heavy (non-hydrogen) atoms. The van der Waals surface area contributed by atoms with Gasteiger partial charge in [-0.1, -0.05) is 37.5 Å². The van der Waals surface area contributed by atoms with Gasteiger partial charge in [-0.3, -0.25) is 14.4 Å². The maximum atomic E-state index is 13.4. The summed E-state index contributed by atoms with van der Waals surface area (Å²) in [5, 5.41) is 12.8. The van der Waals surface area contributed by atoms with E-state index in [1.54, 1.807) is 30.3 Å². The van der Waals surface area contributed by atoms with E-state index in [1.165, 1.54) is 0 Å². The summed E-state index contributed by atoms with van der Waals surface area (Å²) in [5.41, 5.74) is 8.75. The molecule has 0 saturated heterocycles. The van der Waals surface area contributed by atoms with Crippen molar-refractivity contribution >= 4 is 35.1 Å². The number of unbranched alkanes of at least 4 members (excludes halogenated alkanes) is 4. The van der Waals surface area contributed by atoms with Crippen molar-refractivity contribution in [3.63, 3.8) is 0 Å². The van der Waals surface area contributed by atoms with Crippen LogP contribution in [0.2, 0.25) is 0 Å². The van der Waals surface area contributed by atoms with Crippen molar-refractivity contribution in [2.75, 3.05) is 30.4 Å². The number of carboxylic acid groups (broad SMARTS) is 1. The summed E-state index contributed by atoms with van der Waals surface area (Å²) in [5.74, 6) is -2.04. The van der Waals surface area contributed by atoms with Gasteiger partial charge < -0.3 is 35.8 Å². The minimum absolute atomic E-state index is 0.0631. The number of carboxylic acids is 1. The highest BCUT2D eigenvalue weighted by molar-refractivity contribution is 6.04. The fraction of sp³-hybridized carbons (Fsp3) is 0.371. The Balaban J connectivity index is 0.000000698. The number of halogens is 3. The maximum Gasteiger partial charge on any atom is 0.490 e. The number of hydrogen-bond acceptors (Lipinski definition) is 7. The van der Waals surface area contributed by atoms with E-state index < -0.39 is 12.1 Å². The topological polar surface area (TPSA) is 160 Å². The summed E-state index contributed by atoms with van der Waals surface area (Å²) in [6, 6.07) is 20.0. The van der Waals surface area contributed by atoms with Gasteiger partial charge in [0.25, 0.3) is 17.7 Å². The Hall–Kier alpha value is -5.11. The number of carbonyl (C=O) groups is 4. The van der Waals surface area contributed by atoms with Gasteiger partial charge in [0.2, 0.25) is 0 Å². The maximum absolute atomic E-state index is 13.4. The molecule has 2 aliphatic rings. The summed E-state index contributed by atoms with van der Waals surface area (Å²) >= 11 is 0. The van der Waals surface area contributed by atoms with Crippen LogP contribution in [0.25, 0.3) is 0 Å². The molecule has 0 bridgehead atoms. The Labute approximate surface area is 281 Å². The minimum Gasteiger partial charge on any atom is -0.494 e. The highest BCUT2D eigenvalue weighted by atomic mass is 19.4. The zero-order valence-electron chi connectivity index (χ0n) is 26.8. The number of aliphatic carboxylic acids is 1. The Morgan fingerprint density at radius 2 is 1.63 bits per heavy atom. The van der Waals surface area contributed by atoms with Crippen molar-refractivity contribution in [1.82, 2.24) is 4.90 Å². The van der Waals surface area contributed by atoms with Gasteiger partial charge in [0.05, 0.1) is 12.3 Å². The van der Waals surface area contributed by atoms with Crippen LogP contribution in [0.15, 0.2) is 66.7 Å². The fourth-order valence-electron chi connectivity index (χ4n) is 4.92. The first-order chi connectivity index (χ1) is 23.4. The van der Waals surface area contributed by atoms with E-state index in [2.05, 4.69) is 10.6 Å². The Bertz CT molecular complexity index is 1610. The third kappa shape index (κ3) is 11.5. The molecular formula is C35H39F3N4O7. The summed E-state index contributed by atoms with van der Waals surface area (Å²) < 4.78 is 43.1. The second kappa shape index (κ2) is 17.3. The molecule has 0 spiro atoms. The number of anilines is 2. The highest BCUT2D eigenvalue weighted by Gasteiger charge is 2.38. The lowest BCUT2D eigenvalue weighted by Crippen LogP contribution is -2.33. The average molecular weight is 685 g/mol. The van der Waals surface area contributed by atoms with Crippen molar-refractivity contribution in [2.24, 2.45) is 5.73 Å². The van der Waals surface area contributed by atoms with Crippen LogP contribution in [0.5, 0.6) is 11.5 Å². The third-order valence-electron chi connectivity index (χ3n) is 7.63. The summed E-state index contributed by atoms with van der Waals surface area (Å²) in [4.78, 5) is 48.7. The first-order valence-corrected chi connectivity index (χ1v) is 16.0. The lowest BCUT2D eigenvalue weighted by atomic mass is 10.1. The van der Waals surface area contributed by atoms with Crippen molar-refractivity contribution < 1.29 is 46.9 Å². The number of hydrogen-bond donors (Lipinski definition) is 4. The normalized spacial score (nSPS) is 13.5. The molecule has 3 amide bonds. The van der Waals surface area contributed by atoms with Crippen molar-refractivity contribution in [3.05, 3.63) is 83.4 Å². The Morgan fingerprint density at radius 3 is 2.31 bits per heavy atom. The van der Waals surface area contributed by atoms with Gasteiger partial charge in [0.1, 0.15) is 11.5 Å². The lowest BCUT2D eigenvalue weighted by molar-refractivity contribution is -0.192. The van der Waals surface area contributed by atoms with Crippen molar-refractivity contribution in [1.29, 1.82) is 0 Å². The van der Waals surface area contributed by atoms with Gasteiger partial charge in [0, 0.05) is 35.5 Å². The van der Waals surface area contributed by atoms with Crippen LogP contribution < -0.4 is 25.8 Å². The molecule has 262 valence electrons. The number of rotatable bonds is 14. The molecule has 1 aliphatic carbocycles. The quantitative estimate of drug-likeness (QED) is 0.151. The number of amides is 3. The molecule has 1 heterocycles. The summed E-state index contributed by atoms with van der Waals surface area (Å²) in [7, 11) is 0. The van der Waals surface area contributed by atoms with E-state index in [0.717, 1.165) is 62.8 Å². The van der Waals surface area contributed by atoms with Crippen LogP contribution in [-0.4, -0.2) is 65.7 Å². The van der Waals surface area contributed by atoms with Gasteiger partial charge >= 0.3 is 12.1 Å². The van der Waals surface area contributed by atoms with Gasteiger partial charge in [-0.2, -0.15) is 13.2 Å². The zero-order valence-corrected chi connectivity index (χ0v) is 26.8. The van der Waals surface area contributed by atoms with E-state index in [0.29, 0.717) is 41.4 Å². The van der Waals surface area contributed by atoms with Crippen LogP contribution in [0.1, 0.15) is 71.2 Å². The molecule has 0 aromatic heterocycles. The average Bonchev–Trinajstić information content (AvgIpc) is 3.92. The smallest absolute Gasteiger partial charge is 0.490 e. The van der Waals surface area contributed by atoms with E-state index in [9.17, 15) is 27.6 Å². The fourth-order valence-corrected chi connectivity index (χ4v) is 4.92. The number of nitrogens with one attached hydrogen (secondary N) is 2. The predicted molar refractivity (Wildman–Crippen MR) is 176 cm³/mol. The van der Waals surface area contributed by atoms with Crippen LogP contribution in [-0.2, 0) is 16.1 Å². The number of alkyl halides is 3. The van der Waals surface area contributed by atoms with Gasteiger partial charge in [-0.15, -0.1) is 0 Å². The van der Waals surface area contributed by atoms with E-state index >= 15 is 0 Å². The molecule has 0 unspecified atom stereocenters. The van der Waals surface area contributed by atoms with Crippen LogP contribution in [0.3, 0.4) is 0 Å². The molecule has 0 atom stereocenters. The van der Waals surface area contributed by atoms with Crippen molar-refractivity contribution in [3.8, 4) is 11.5 Å². The minimum atomic E-state index is -5.08. The molecule has 1 saturated carbocycles. The second-order valence-electron chi connectivity index (χ2n) is 11.6. The number of benzene rings is 3. The molecule has 5 rings (SSSR count). The second-order valence-corrected chi connectivity index (χ2v) is 11.6. The number of ether oxygens (including phenoxy) is 2. The zero-order chi connectivity index (χ0) is 35.4. The van der Waals surface area contributed by atoms with Gasteiger partial charge in [0.15, 0.2) is 6.61 Å². The van der Waals surface area contributed by atoms with Crippen molar-refractivity contribution in [2.45, 2.75) is 63.7 Å². The molecule has 1 fully saturated rings. The van der Waals surface area contributed by atoms with Crippen LogP contribution in [0.4, 0.5) is 24.5 Å². The largest absolute Gasteiger partial charge is 0.494 e. The molecular weight excluding hydrogens is 645 g/mol. The predicted octanol–water partition coefficient (Wildman–Crippen LogP) is 6.00. The Morgan fingerprint density at radius 1 is 0.959 bits per heavy atom. The SMILES string of the molecule is NCCCCCCCOc1cccc(NC(=O)c2ccc(CN(C(=O)c3ccc4c(c3)OCC(=O)N4)C3CC3)cc2)c1.O=C(O)C(F)(F)F. The van der Waals surface area contributed by atoms with E-state index in [4.69, 9.17) is 25.1 Å². The number of nitrogens with zero attached hydrogens (tertiary/aromatic N) is 1. The first-order valence-electron chi connectivity index (χ1n) is 16.0. The summed E-state index contributed by atoms with van der Waals surface area (Å²) in [6.07, 6.45) is 2.32. The molecule has 11 nitrogen and oxygen atoms in total. The Kier molecular flexibility index (Phi) is 13.0.